The van der Waals surface area contributed by atoms with E-state index in [1.807, 2.05) is 48.2 Å². The number of carbonyl (C=O) groups excluding carboxylic acids is 2. The lowest BCUT2D eigenvalue weighted by molar-refractivity contribution is -0.122. The fourth-order valence-corrected chi connectivity index (χ4v) is 4.43. The normalized spacial score (nSPS) is 15.1. The summed E-state index contributed by atoms with van der Waals surface area (Å²) in [5.41, 5.74) is 8.27. The molecule has 5 heteroatoms. The average molecular weight is 414 g/mol. The largest absolute Gasteiger partial charge is 0.362 e. The Morgan fingerprint density at radius 3 is 2.65 bits per heavy atom. The van der Waals surface area contributed by atoms with Gasteiger partial charge >= 0.3 is 0 Å². The summed E-state index contributed by atoms with van der Waals surface area (Å²) in [6, 6.07) is 16.1. The second-order valence-electron chi connectivity index (χ2n) is 8.70. The lowest BCUT2D eigenvalue weighted by atomic mass is 10.0. The Bertz CT molecular complexity index is 1170. The number of nitrogens with zero attached hydrogens (tertiary/aromatic N) is 1. The van der Waals surface area contributed by atoms with Crippen molar-refractivity contribution < 1.29 is 9.59 Å². The number of benzene rings is 2. The van der Waals surface area contributed by atoms with Crippen LogP contribution < -0.4 is 10.2 Å². The molecule has 158 valence electrons. The first-order valence-corrected chi connectivity index (χ1v) is 11.0. The standard InChI is InChI=1S/C26H27N3O2/c1-16-13-19(9-10-20(16)15-27-25(30)18-7-8-18)26(31)29-12-11-23-22(14-17(2)28-23)21-5-3-4-6-24(21)29/h3-6,9-10,13-14,18,28H,7-8,11-12,15H2,1-2H3,(H,27,30). The number of rotatable bonds is 4. The van der Waals surface area contributed by atoms with Crippen LogP contribution in [0.1, 0.15) is 45.7 Å². The number of anilines is 1. The molecule has 1 aliphatic heterocycles. The molecule has 1 fully saturated rings. The van der Waals surface area contributed by atoms with Crippen LogP contribution in [0.5, 0.6) is 0 Å². The van der Waals surface area contributed by atoms with Gasteiger partial charge in [0.1, 0.15) is 0 Å². The van der Waals surface area contributed by atoms with Crippen molar-refractivity contribution in [1.82, 2.24) is 10.3 Å². The monoisotopic (exact) mass is 413 g/mol. The Hall–Kier alpha value is -3.34. The third-order valence-electron chi connectivity index (χ3n) is 6.34. The minimum Gasteiger partial charge on any atom is -0.362 e. The number of aromatic amines is 1. The van der Waals surface area contributed by atoms with E-state index < -0.39 is 0 Å². The Morgan fingerprint density at radius 2 is 1.87 bits per heavy atom. The topological polar surface area (TPSA) is 65.2 Å². The number of H-pyrrole nitrogens is 1. The maximum absolute atomic E-state index is 13.5. The Morgan fingerprint density at radius 1 is 1.06 bits per heavy atom. The summed E-state index contributed by atoms with van der Waals surface area (Å²) in [4.78, 5) is 30.8. The molecule has 0 spiro atoms. The zero-order chi connectivity index (χ0) is 21.5. The molecule has 5 nitrogen and oxygen atoms in total. The highest BCUT2D eigenvalue weighted by Gasteiger charge is 2.29. The maximum Gasteiger partial charge on any atom is 0.258 e. The Labute approximate surface area is 182 Å². The molecule has 2 aliphatic rings. The molecule has 2 heterocycles. The van der Waals surface area contributed by atoms with E-state index in [1.165, 1.54) is 11.3 Å². The van der Waals surface area contributed by atoms with Gasteiger partial charge in [0.15, 0.2) is 0 Å². The Kier molecular flexibility index (Phi) is 4.89. The van der Waals surface area contributed by atoms with Gasteiger partial charge in [0, 0.05) is 53.5 Å². The van der Waals surface area contributed by atoms with E-state index in [2.05, 4.69) is 29.4 Å². The molecular weight excluding hydrogens is 386 g/mol. The fraction of sp³-hybridized carbons (Fsp3) is 0.308. The molecule has 3 aromatic rings. The molecule has 2 amide bonds. The third kappa shape index (κ3) is 3.76. The van der Waals surface area contributed by atoms with Crippen LogP contribution >= 0.6 is 0 Å². The molecular formula is C26H27N3O2. The van der Waals surface area contributed by atoms with Crippen LogP contribution in [0.15, 0.2) is 48.5 Å². The minimum atomic E-state index is 0.00555. The molecule has 0 saturated heterocycles. The number of aromatic nitrogens is 1. The van der Waals surface area contributed by atoms with E-state index in [0.717, 1.165) is 47.3 Å². The number of carbonyl (C=O) groups is 2. The number of amides is 2. The molecule has 2 aromatic carbocycles. The van der Waals surface area contributed by atoms with Gasteiger partial charge in [-0.15, -0.1) is 0 Å². The average Bonchev–Trinajstić information content (AvgIpc) is 3.57. The fourth-order valence-electron chi connectivity index (χ4n) is 4.43. The molecule has 0 atom stereocenters. The van der Waals surface area contributed by atoms with Crippen molar-refractivity contribution in [3.8, 4) is 11.1 Å². The van der Waals surface area contributed by atoms with Crippen LogP contribution in [0.4, 0.5) is 5.69 Å². The van der Waals surface area contributed by atoms with Gasteiger partial charge in [-0.05, 0) is 62.1 Å². The SMILES string of the molecule is Cc1cc2c([nH]1)CCN(C(=O)c1ccc(CNC(=O)C3CC3)c(C)c1)c1ccccc1-2. The second-order valence-corrected chi connectivity index (χ2v) is 8.70. The van der Waals surface area contributed by atoms with Gasteiger partial charge in [-0.2, -0.15) is 0 Å². The first-order chi connectivity index (χ1) is 15.0. The lowest BCUT2D eigenvalue weighted by Crippen LogP contribution is -2.32. The molecule has 0 radical (unpaired) electrons. The molecule has 31 heavy (non-hydrogen) atoms. The van der Waals surface area contributed by atoms with Crippen molar-refractivity contribution in [1.29, 1.82) is 0 Å². The van der Waals surface area contributed by atoms with Gasteiger partial charge in [-0.25, -0.2) is 0 Å². The smallest absolute Gasteiger partial charge is 0.258 e. The summed E-state index contributed by atoms with van der Waals surface area (Å²) in [7, 11) is 0. The van der Waals surface area contributed by atoms with Crippen LogP contribution in [0.25, 0.3) is 11.1 Å². The number of nitrogens with one attached hydrogen (secondary N) is 2. The number of hydrogen-bond donors (Lipinski definition) is 2. The molecule has 1 aliphatic carbocycles. The summed E-state index contributed by atoms with van der Waals surface area (Å²) in [6.07, 6.45) is 2.78. The van der Waals surface area contributed by atoms with E-state index >= 15 is 0 Å². The van der Waals surface area contributed by atoms with Gasteiger partial charge in [-0.1, -0.05) is 24.3 Å². The van der Waals surface area contributed by atoms with Crippen molar-refractivity contribution in [3.63, 3.8) is 0 Å². The predicted octanol–water partition coefficient (Wildman–Crippen LogP) is 4.53. The first kappa shape index (κ1) is 19.6. The highest BCUT2D eigenvalue weighted by atomic mass is 16.2. The van der Waals surface area contributed by atoms with Crippen molar-refractivity contribution >= 4 is 17.5 Å². The minimum absolute atomic E-state index is 0.00555. The van der Waals surface area contributed by atoms with Crippen LogP contribution in [0.3, 0.4) is 0 Å². The van der Waals surface area contributed by atoms with Crippen LogP contribution in [-0.2, 0) is 17.8 Å². The highest BCUT2D eigenvalue weighted by molar-refractivity contribution is 6.08. The van der Waals surface area contributed by atoms with Gasteiger partial charge in [-0.3, -0.25) is 9.59 Å². The Balaban J connectivity index is 1.40. The van der Waals surface area contributed by atoms with Crippen molar-refractivity contribution in [2.75, 3.05) is 11.4 Å². The summed E-state index contributed by atoms with van der Waals surface area (Å²) < 4.78 is 0. The molecule has 2 N–H and O–H groups in total. The van der Waals surface area contributed by atoms with Crippen LogP contribution in [-0.4, -0.2) is 23.3 Å². The van der Waals surface area contributed by atoms with Crippen molar-refractivity contribution in [3.05, 3.63) is 76.6 Å². The molecule has 0 bridgehead atoms. The maximum atomic E-state index is 13.5. The molecule has 1 saturated carbocycles. The molecule has 0 unspecified atom stereocenters. The predicted molar refractivity (Wildman–Crippen MR) is 122 cm³/mol. The zero-order valence-electron chi connectivity index (χ0n) is 18.0. The van der Waals surface area contributed by atoms with E-state index in [9.17, 15) is 9.59 Å². The number of aryl methyl sites for hydroxylation is 2. The van der Waals surface area contributed by atoms with Gasteiger partial charge in [0.2, 0.25) is 5.91 Å². The third-order valence-corrected chi connectivity index (χ3v) is 6.34. The van der Waals surface area contributed by atoms with E-state index in [1.54, 1.807) is 0 Å². The number of para-hydroxylation sites is 1. The number of fused-ring (bicyclic) bond motifs is 3. The summed E-state index contributed by atoms with van der Waals surface area (Å²) in [5, 5.41) is 3.01. The lowest BCUT2D eigenvalue weighted by Gasteiger charge is -2.23. The van der Waals surface area contributed by atoms with Gasteiger partial charge in [0.25, 0.3) is 5.91 Å². The van der Waals surface area contributed by atoms with E-state index in [0.29, 0.717) is 18.7 Å². The number of hydrogen-bond acceptors (Lipinski definition) is 2. The van der Waals surface area contributed by atoms with Crippen molar-refractivity contribution in [2.24, 2.45) is 5.92 Å². The first-order valence-electron chi connectivity index (χ1n) is 11.0. The van der Waals surface area contributed by atoms with E-state index in [-0.39, 0.29) is 17.7 Å². The van der Waals surface area contributed by atoms with Crippen LogP contribution in [0.2, 0.25) is 0 Å². The molecule has 5 rings (SSSR count). The summed E-state index contributed by atoms with van der Waals surface area (Å²) in [6.45, 7) is 5.20. The second kappa shape index (κ2) is 7.73. The van der Waals surface area contributed by atoms with Gasteiger partial charge < -0.3 is 15.2 Å². The molecule has 1 aromatic heterocycles. The highest BCUT2D eigenvalue weighted by Crippen LogP contribution is 2.37. The quantitative estimate of drug-likeness (QED) is 0.660. The van der Waals surface area contributed by atoms with Crippen molar-refractivity contribution in [2.45, 2.75) is 39.7 Å². The van der Waals surface area contributed by atoms with E-state index in [4.69, 9.17) is 0 Å². The van der Waals surface area contributed by atoms with Crippen LogP contribution in [0, 0.1) is 19.8 Å². The summed E-state index contributed by atoms with van der Waals surface area (Å²) >= 11 is 0. The van der Waals surface area contributed by atoms with Gasteiger partial charge in [0.05, 0.1) is 5.69 Å². The zero-order valence-corrected chi connectivity index (χ0v) is 18.0. The summed E-state index contributed by atoms with van der Waals surface area (Å²) in [5.74, 6) is 0.345.